The van der Waals surface area contributed by atoms with E-state index in [9.17, 15) is 4.79 Å². The summed E-state index contributed by atoms with van der Waals surface area (Å²) in [5.74, 6) is 0.530. The molecule has 3 aromatic rings. The Labute approximate surface area is 140 Å². The summed E-state index contributed by atoms with van der Waals surface area (Å²) in [6.45, 7) is 1.62. The normalized spacial score (nSPS) is 18.0. The smallest absolute Gasteiger partial charge is 0.271 e. The number of aromatic nitrogens is 3. The number of pyridine rings is 1. The summed E-state index contributed by atoms with van der Waals surface area (Å²) in [6, 6.07) is 12.1. The van der Waals surface area contributed by atoms with Gasteiger partial charge >= 0.3 is 0 Å². The molecule has 1 saturated heterocycles. The third-order valence-corrected chi connectivity index (χ3v) is 4.71. The van der Waals surface area contributed by atoms with Crippen LogP contribution >= 0.6 is 0 Å². The first-order chi connectivity index (χ1) is 11.8. The lowest BCUT2D eigenvalue weighted by Gasteiger charge is -2.32. The Kier molecular flexibility index (Phi) is 3.99. The van der Waals surface area contributed by atoms with Gasteiger partial charge in [-0.15, -0.1) is 0 Å². The third kappa shape index (κ3) is 3.02. The molecular weight excluding hydrogens is 300 g/mol. The van der Waals surface area contributed by atoms with Gasteiger partial charge in [-0.05, 0) is 48.9 Å². The molecule has 4 rings (SSSR count). The van der Waals surface area contributed by atoms with E-state index in [1.165, 1.54) is 10.9 Å². The van der Waals surface area contributed by atoms with Crippen LogP contribution in [0.15, 0.2) is 48.8 Å². The molecule has 1 atom stereocenters. The molecule has 3 heterocycles. The molecule has 24 heavy (non-hydrogen) atoms. The lowest BCUT2D eigenvalue weighted by atomic mass is 9.91. The van der Waals surface area contributed by atoms with E-state index in [-0.39, 0.29) is 5.91 Å². The third-order valence-electron chi connectivity index (χ3n) is 4.71. The zero-order valence-corrected chi connectivity index (χ0v) is 13.5. The predicted molar refractivity (Wildman–Crippen MR) is 92.7 cm³/mol. The molecule has 2 aromatic heterocycles. The number of aromatic amines is 1. The number of benzene rings is 1. The van der Waals surface area contributed by atoms with Gasteiger partial charge in [0.15, 0.2) is 0 Å². The Bertz CT molecular complexity index is 843. The second kappa shape index (κ2) is 6.43. The first-order valence-electron chi connectivity index (χ1n) is 8.42. The number of nitrogens with one attached hydrogen (secondary N) is 1. The van der Waals surface area contributed by atoms with Crippen molar-refractivity contribution in [2.24, 2.45) is 5.92 Å². The number of carbonyl (C=O) groups is 1. The highest BCUT2D eigenvalue weighted by Crippen LogP contribution is 2.23. The predicted octanol–water partition coefficient (Wildman–Crippen LogP) is 3.05. The molecule has 1 aliphatic rings. The number of likely N-dealkylation sites (tertiary alicyclic amines) is 1. The standard InChI is InChI=1S/C19H20N4O/c24-19(18-7-8-21-22-18)23-9-3-4-14(13-23)10-15-11-16-5-1-2-6-17(16)20-12-15/h1-2,5-8,11-12,14H,3-4,9-10,13H2,(H,21,22)/t14-/m0/s1. The minimum atomic E-state index is 0.0498. The number of H-pyrrole nitrogens is 1. The highest BCUT2D eigenvalue weighted by molar-refractivity contribution is 5.92. The zero-order valence-electron chi connectivity index (χ0n) is 13.5. The van der Waals surface area contributed by atoms with Crippen LogP contribution in [0.1, 0.15) is 28.9 Å². The van der Waals surface area contributed by atoms with Crippen molar-refractivity contribution in [3.05, 3.63) is 60.0 Å². The minimum absolute atomic E-state index is 0.0498. The maximum Gasteiger partial charge on any atom is 0.271 e. The van der Waals surface area contributed by atoms with Crippen LogP contribution in [-0.2, 0) is 6.42 Å². The van der Waals surface area contributed by atoms with Crippen LogP contribution in [-0.4, -0.2) is 39.1 Å². The van der Waals surface area contributed by atoms with Crippen LogP contribution in [0.3, 0.4) is 0 Å². The Morgan fingerprint density at radius 1 is 1.29 bits per heavy atom. The molecule has 0 bridgehead atoms. The van der Waals surface area contributed by atoms with E-state index in [1.807, 2.05) is 29.3 Å². The summed E-state index contributed by atoms with van der Waals surface area (Å²) in [5.41, 5.74) is 2.85. The maximum atomic E-state index is 12.5. The fourth-order valence-corrected chi connectivity index (χ4v) is 3.52. The first kappa shape index (κ1) is 14.9. The monoisotopic (exact) mass is 320 g/mol. The van der Waals surface area contributed by atoms with Gasteiger partial charge in [0.25, 0.3) is 5.91 Å². The molecule has 0 spiro atoms. The van der Waals surface area contributed by atoms with E-state index in [2.05, 4.69) is 27.3 Å². The van der Waals surface area contributed by atoms with E-state index in [4.69, 9.17) is 0 Å². The molecule has 5 heteroatoms. The number of rotatable bonds is 3. The van der Waals surface area contributed by atoms with Crippen LogP contribution in [0, 0.1) is 5.92 Å². The number of hydrogen-bond donors (Lipinski definition) is 1. The average Bonchev–Trinajstić information content (AvgIpc) is 3.16. The number of fused-ring (bicyclic) bond motifs is 1. The Morgan fingerprint density at radius 3 is 3.08 bits per heavy atom. The lowest BCUT2D eigenvalue weighted by molar-refractivity contribution is 0.0667. The lowest BCUT2D eigenvalue weighted by Crippen LogP contribution is -2.40. The summed E-state index contributed by atoms with van der Waals surface area (Å²) in [6.07, 6.45) is 6.75. The number of nitrogens with zero attached hydrogens (tertiary/aromatic N) is 3. The van der Waals surface area contributed by atoms with Crippen molar-refractivity contribution in [3.8, 4) is 0 Å². The topological polar surface area (TPSA) is 61.9 Å². The van der Waals surface area contributed by atoms with E-state index in [0.29, 0.717) is 11.6 Å². The molecule has 0 unspecified atom stereocenters. The van der Waals surface area contributed by atoms with Crippen LogP contribution in [0.4, 0.5) is 0 Å². The number of para-hydroxylation sites is 1. The van der Waals surface area contributed by atoms with E-state index < -0.39 is 0 Å². The van der Waals surface area contributed by atoms with Crippen molar-refractivity contribution < 1.29 is 4.79 Å². The van der Waals surface area contributed by atoms with Crippen molar-refractivity contribution in [3.63, 3.8) is 0 Å². The van der Waals surface area contributed by atoms with Crippen molar-refractivity contribution >= 4 is 16.8 Å². The summed E-state index contributed by atoms with van der Waals surface area (Å²) in [7, 11) is 0. The van der Waals surface area contributed by atoms with Gasteiger partial charge in [-0.3, -0.25) is 14.9 Å². The second-order valence-electron chi connectivity index (χ2n) is 6.47. The van der Waals surface area contributed by atoms with Crippen molar-refractivity contribution in [2.75, 3.05) is 13.1 Å². The largest absolute Gasteiger partial charge is 0.337 e. The molecule has 1 fully saturated rings. The van der Waals surface area contributed by atoms with Gasteiger partial charge in [0.05, 0.1) is 5.52 Å². The molecule has 1 amide bonds. The van der Waals surface area contributed by atoms with Gasteiger partial charge in [0.2, 0.25) is 0 Å². The fourth-order valence-electron chi connectivity index (χ4n) is 3.52. The van der Waals surface area contributed by atoms with Gasteiger partial charge in [-0.1, -0.05) is 18.2 Å². The summed E-state index contributed by atoms with van der Waals surface area (Å²) in [5, 5.41) is 7.82. The number of amides is 1. The van der Waals surface area contributed by atoms with Crippen molar-refractivity contribution in [1.82, 2.24) is 20.1 Å². The van der Waals surface area contributed by atoms with Gasteiger partial charge in [-0.25, -0.2) is 0 Å². The number of hydrogen-bond acceptors (Lipinski definition) is 3. The van der Waals surface area contributed by atoms with Crippen molar-refractivity contribution in [2.45, 2.75) is 19.3 Å². The van der Waals surface area contributed by atoms with Crippen LogP contribution in [0.2, 0.25) is 0 Å². The molecule has 122 valence electrons. The molecular formula is C19H20N4O. The summed E-state index contributed by atoms with van der Waals surface area (Å²) < 4.78 is 0. The SMILES string of the molecule is O=C(c1ccn[nH]1)N1CCC[C@@H](Cc2cnc3ccccc3c2)C1. The molecule has 0 radical (unpaired) electrons. The Balaban J connectivity index is 1.46. The van der Waals surface area contributed by atoms with Gasteiger partial charge in [0.1, 0.15) is 5.69 Å². The molecule has 1 N–H and O–H groups in total. The van der Waals surface area contributed by atoms with Gasteiger partial charge in [-0.2, -0.15) is 5.10 Å². The Morgan fingerprint density at radius 2 is 2.21 bits per heavy atom. The van der Waals surface area contributed by atoms with E-state index in [1.54, 1.807) is 12.3 Å². The maximum absolute atomic E-state index is 12.5. The van der Waals surface area contributed by atoms with E-state index in [0.717, 1.165) is 37.9 Å². The van der Waals surface area contributed by atoms with Crippen molar-refractivity contribution in [1.29, 1.82) is 0 Å². The summed E-state index contributed by atoms with van der Waals surface area (Å²) >= 11 is 0. The highest BCUT2D eigenvalue weighted by Gasteiger charge is 2.25. The van der Waals surface area contributed by atoms with Gasteiger partial charge in [0, 0.05) is 30.9 Å². The number of piperidine rings is 1. The molecule has 0 aliphatic carbocycles. The van der Waals surface area contributed by atoms with Crippen LogP contribution in [0.25, 0.3) is 10.9 Å². The Hall–Kier alpha value is -2.69. The first-order valence-corrected chi connectivity index (χ1v) is 8.42. The average molecular weight is 320 g/mol. The van der Waals surface area contributed by atoms with Crippen LogP contribution < -0.4 is 0 Å². The quantitative estimate of drug-likeness (QED) is 0.807. The minimum Gasteiger partial charge on any atom is -0.337 e. The van der Waals surface area contributed by atoms with Gasteiger partial charge < -0.3 is 4.90 Å². The van der Waals surface area contributed by atoms with E-state index >= 15 is 0 Å². The van der Waals surface area contributed by atoms with Crippen LogP contribution in [0.5, 0.6) is 0 Å². The second-order valence-corrected chi connectivity index (χ2v) is 6.47. The highest BCUT2D eigenvalue weighted by atomic mass is 16.2. The summed E-state index contributed by atoms with van der Waals surface area (Å²) in [4.78, 5) is 19.0. The molecule has 1 aromatic carbocycles. The zero-order chi connectivity index (χ0) is 16.4. The molecule has 0 saturated carbocycles. The molecule has 1 aliphatic heterocycles. The fraction of sp³-hybridized carbons (Fsp3) is 0.316. The number of carbonyl (C=O) groups excluding carboxylic acids is 1. The molecule has 5 nitrogen and oxygen atoms in total.